The molecule has 0 N–H and O–H groups in total. The zero-order chi connectivity index (χ0) is 18.9. The third-order valence-electron chi connectivity index (χ3n) is 4.90. The van der Waals surface area contributed by atoms with E-state index in [4.69, 9.17) is 9.31 Å². The van der Waals surface area contributed by atoms with Crippen LogP contribution in [0, 0.1) is 0 Å². The zero-order valence-electron chi connectivity index (χ0n) is 15.5. The van der Waals surface area contributed by atoms with Gasteiger partial charge in [0.15, 0.2) is 0 Å². The van der Waals surface area contributed by atoms with E-state index in [0.29, 0.717) is 6.42 Å². The lowest BCUT2D eigenvalue weighted by Crippen LogP contribution is -2.41. The minimum atomic E-state index is -1.01. The molecule has 3 heterocycles. The Labute approximate surface area is 157 Å². The van der Waals surface area contributed by atoms with Gasteiger partial charge in [-0.05, 0) is 45.6 Å². The SMILES string of the molecule is CC1(C)OB(C(F)=CCc2cn(CCF)nc2-c2cccs2)OC1(C)C. The van der Waals surface area contributed by atoms with Crippen molar-refractivity contribution in [3.63, 3.8) is 0 Å². The van der Waals surface area contributed by atoms with Crippen molar-refractivity contribution >= 4 is 18.5 Å². The van der Waals surface area contributed by atoms with Crippen LogP contribution in [0.4, 0.5) is 8.78 Å². The van der Waals surface area contributed by atoms with Gasteiger partial charge in [0.05, 0.1) is 22.6 Å². The Morgan fingerprint density at radius 1 is 1.31 bits per heavy atom. The molecule has 140 valence electrons. The number of halogens is 2. The summed E-state index contributed by atoms with van der Waals surface area (Å²) in [6.07, 6.45) is 3.55. The molecule has 2 aromatic heterocycles. The van der Waals surface area contributed by atoms with E-state index in [1.807, 2.05) is 45.2 Å². The Hall–Kier alpha value is -1.51. The van der Waals surface area contributed by atoms with Crippen LogP contribution >= 0.6 is 11.3 Å². The van der Waals surface area contributed by atoms with E-state index in [1.54, 1.807) is 22.2 Å². The van der Waals surface area contributed by atoms with Crippen LogP contribution in [0.5, 0.6) is 0 Å². The van der Waals surface area contributed by atoms with E-state index in [1.165, 1.54) is 6.08 Å². The normalized spacial score (nSPS) is 19.3. The first-order valence-electron chi connectivity index (χ1n) is 8.61. The van der Waals surface area contributed by atoms with E-state index in [-0.39, 0.29) is 6.54 Å². The fourth-order valence-electron chi connectivity index (χ4n) is 2.69. The summed E-state index contributed by atoms with van der Waals surface area (Å²) in [7, 11) is -1.01. The third kappa shape index (κ3) is 3.77. The summed E-state index contributed by atoms with van der Waals surface area (Å²) in [5.41, 5.74) is -0.0356. The monoisotopic (exact) mass is 380 g/mol. The summed E-state index contributed by atoms with van der Waals surface area (Å²) in [6, 6.07) is 3.88. The molecule has 26 heavy (non-hydrogen) atoms. The Morgan fingerprint density at radius 3 is 2.58 bits per heavy atom. The molecule has 1 aliphatic heterocycles. The van der Waals surface area contributed by atoms with Crippen LogP contribution < -0.4 is 0 Å². The second-order valence-electron chi connectivity index (χ2n) is 7.31. The van der Waals surface area contributed by atoms with Crippen LogP contribution in [-0.2, 0) is 22.3 Å². The maximum Gasteiger partial charge on any atom is 0.524 e. The van der Waals surface area contributed by atoms with Crippen molar-refractivity contribution in [2.75, 3.05) is 6.67 Å². The van der Waals surface area contributed by atoms with E-state index >= 15 is 0 Å². The quantitative estimate of drug-likeness (QED) is 0.687. The lowest BCUT2D eigenvalue weighted by atomic mass is 9.87. The average Bonchev–Trinajstić information content (AvgIpc) is 3.24. The molecular weight excluding hydrogens is 357 g/mol. The maximum atomic E-state index is 14.6. The number of nitrogens with zero attached hydrogens (tertiary/aromatic N) is 2. The Balaban J connectivity index is 1.80. The lowest BCUT2D eigenvalue weighted by Gasteiger charge is -2.32. The summed E-state index contributed by atoms with van der Waals surface area (Å²) < 4.78 is 40.3. The number of aryl methyl sites for hydroxylation is 1. The highest BCUT2D eigenvalue weighted by atomic mass is 32.1. The van der Waals surface area contributed by atoms with E-state index in [2.05, 4.69) is 5.10 Å². The maximum absolute atomic E-state index is 14.6. The summed E-state index contributed by atoms with van der Waals surface area (Å²) in [6.45, 7) is 7.23. The van der Waals surface area contributed by atoms with Crippen LogP contribution in [0.25, 0.3) is 10.6 Å². The summed E-state index contributed by atoms with van der Waals surface area (Å²) in [5, 5.41) is 6.39. The van der Waals surface area contributed by atoms with Gasteiger partial charge in [-0.1, -0.05) is 12.1 Å². The minimum absolute atomic E-state index is 0.182. The smallest absolute Gasteiger partial charge is 0.398 e. The topological polar surface area (TPSA) is 36.3 Å². The molecule has 3 rings (SSSR count). The van der Waals surface area contributed by atoms with Gasteiger partial charge in [0.1, 0.15) is 18.1 Å². The first kappa shape index (κ1) is 19.3. The first-order valence-corrected chi connectivity index (χ1v) is 9.49. The van der Waals surface area contributed by atoms with Crippen LogP contribution in [0.3, 0.4) is 0 Å². The van der Waals surface area contributed by atoms with Gasteiger partial charge < -0.3 is 9.31 Å². The van der Waals surface area contributed by atoms with Gasteiger partial charge in [0.25, 0.3) is 0 Å². The molecule has 0 spiro atoms. The van der Waals surface area contributed by atoms with Crippen LogP contribution in [0.2, 0.25) is 0 Å². The number of hydrogen-bond donors (Lipinski definition) is 0. The number of hydrogen-bond acceptors (Lipinski definition) is 4. The predicted octanol–water partition coefficient (Wildman–Crippen LogP) is 4.61. The average molecular weight is 380 g/mol. The van der Waals surface area contributed by atoms with Crippen LogP contribution in [0.1, 0.15) is 33.3 Å². The van der Waals surface area contributed by atoms with Gasteiger partial charge in [0, 0.05) is 11.8 Å². The van der Waals surface area contributed by atoms with Gasteiger partial charge in [-0.25, -0.2) is 8.78 Å². The molecule has 1 aliphatic rings. The standard InChI is InChI=1S/C18H23BF2N2O2S/c1-17(2)18(3,4)25-19(24-17)15(21)8-7-13-12-23(10-9-20)22-16(13)14-6-5-11-26-14/h5-6,8,11-12H,7,9-10H2,1-4H3. The van der Waals surface area contributed by atoms with Crippen LogP contribution in [-0.4, -0.2) is 34.8 Å². The van der Waals surface area contributed by atoms with Crippen molar-refractivity contribution in [3.05, 3.63) is 41.1 Å². The highest BCUT2D eigenvalue weighted by Crippen LogP contribution is 2.39. The molecule has 1 fully saturated rings. The molecule has 0 unspecified atom stereocenters. The molecule has 0 amide bonds. The number of aromatic nitrogens is 2. The molecule has 8 heteroatoms. The molecule has 0 radical (unpaired) electrons. The molecular formula is C18H23BF2N2O2S. The summed E-state index contributed by atoms with van der Waals surface area (Å²) >= 11 is 1.55. The second-order valence-corrected chi connectivity index (χ2v) is 8.26. The summed E-state index contributed by atoms with van der Waals surface area (Å²) in [5.74, 6) is 0. The van der Waals surface area contributed by atoms with Crippen molar-refractivity contribution in [2.45, 2.75) is 51.9 Å². The summed E-state index contributed by atoms with van der Waals surface area (Å²) in [4.78, 5) is 0.974. The number of alkyl halides is 1. The molecule has 4 nitrogen and oxygen atoms in total. The molecule has 0 atom stereocenters. The van der Waals surface area contributed by atoms with E-state index < -0.39 is 30.7 Å². The molecule has 1 saturated heterocycles. The van der Waals surface area contributed by atoms with Gasteiger partial charge in [-0.15, -0.1) is 11.3 Å². The largest absolute Gasteiger partial charge is 0.524 e. The van der Waals surface area contributed by atoms with Crippen molar-refractivity contribution in [2.24, 2.45) is 0 Å². The van der Waals surface area contributed by atoms with Crippen molar-refractivity contribution in [3.8, 4) is 10.6 Å². The van der Waals surface area contributed by atoms with Gasteiger partial charge in [-0.3, -0.25) is 4.68 Å². The fourth-order valence-corrected chi connectivity index (χ4v) is 3.44. The molecule has 2 aromatic rings. The number of rotatable bonds is 6. The fraction of sp³-hybridized carbons (Fsp3) is 0.500. The Kier molecular flexibility index (Phi) is 5.37. The number of allylic oxidation sites excluding steroid dienone is 1. The highest BCUT2D eigenvalue weighted by molar-refractivity contribution is 7.13. The minimum Gasteiger partial charge on any atom is -0.398 e. The molecule has 0 bridgehead atoms. The second kappa shape index (κ2) is 7.25. The van der Waals surface area contributed by atoms with Gasteiger partial charge >= 0.3 is 7.12 Å². The predicted molar refractivity (Wildman–Crippen MR) is 100 cm³/mol. The van der Waals surface area contributed by atoms with Crippen molar-refractivity contribution in [1.29, 1.82) is 0 Å². The lowest BCUT2D eigenvalue weighted by molar-refractivity contribution is 0.00578. The van der Waals surface area contributed by atoms with Gasteiger partial charge in [0.2, 0.25) is 0 Å². The third-order valence-corrected chi connectivity index (χ3v) is 5.78. The van der Waals surface area contributed by atoms with Gasteiger partial charge in [-0.2, -0.15) is 5.10 Å². The van der Waals surface area contributed by atoms with E-state index in [0.717, 1.165) is 16.1 Å². The molecule has 0 aliphatic carbocycles. The highest BCUT2D eigenvalue weighted by Gasteiger charge is 2.52. The van der Waals surface area contributed by atoms with Crippen LogP contribution in [0.15, 0.2) is 35.5 Å². The molecule has 0 saturated carbocycles. The first-order chi connectivity index (χ1) is 12.2. The zero-order valence-corrected chi connectivity index (χ0v) is 16.3. The Bertz CT molecular complexity index is 771. The van der Waals surface area contributed by atoms with Crippen molar-refractivity contribution < 1.29 is 18.1 Å². The Morgan fingerprint density at radius 2 is 2.00 bits per heavy atom. The molecule has 0 aromatic carbocycles. The number of thiophene rings is 1. The van der Waals surface area contributed by atoms with E-state index in [9.17, 15) is 8.78 Å². The van der Waals surface area contributed by atoms with Crippen molar-refractivity contribution in [1.82, 2.24) is 9.78 Å².